The maximum atomic E-state index is 12.9. The Morgan fingerprint density at radius 1 is 0.485 bits per heavy atom. The van der Waals surface area contributed by atoms with Crippen molar-refractivity contribution >= 4 is 13.7 Å². The summed E-state index contributed by atoms with van der Waals surface area (Å²) < 4.78 is 23.7. The lowest BCUT2D eigenvalue weighted by atomic mass is 10.0. The van der Waals surface area contributed by atoms with Gasteiger partial charge in [0.2, 0.25) is 5.91 Å². The first-order chi connectivity index (χ1) is 33.0. The average Bonchev–Trinajstić information content (AvgIpc) is 3.30. The van der Waals surface area contributed by atoms with Crippen LogP contribution in [0.1, 0.15) is 309 Å². The second kappa shape index (κ2) is 51.2. The molecule has 0 aromatic heterocycles. The molecule has 9 heteroatoms. The Bertz CT molecular complexity index is 1120. The van der Waals surface area contributed by atoms with Crippen molar-refractivity contribution in [3.63, 3.8) is 0 Å². The van der Waals surface area contributed by atoms with Crippen molar-refractivity contribution in [2.24, 2.45) is 0 Å². The fourth-order valence-corrected chi connectivity index (χ4v) is 10.0. The number of phosphoric acid groups is 1. The smallest absolute Gasteiger partial charge is 0.387 e. The van der Waals surface area contributed by atoms with Crippen LogP contribution in [0.2, 0.25) is 0 Å². The molecule has 0 saturated carbocycles. The number of rotatable bonds is 56. The summed E-state index contributed by atoms with van der Waals surface area (Å²) in [5, 5.41) is 13.9. The highest BCUT2D eigenvalue weighted by Crippen LogP contribution is 2.43. The second-order valence-electron chi connectivity index (χ2n) is 22.1. The van der Waals surface area contributed by atoms with Crippen molar-refractivity contribution in [2.45, 2.75) is 321 Å². The van der Waals surface area contributed by atoms with Crippen molar-refractivity contribution in [1.82, 2.24) is 5.32 Å². The van der Waals surface area contributed by atoms with E-state index in [1.165, 1.54) is 250 Å². The van der Waals surface area contributed by atoms with Crippen LogP contribution in [0.15, 0.2) is 12.2 Å². The van der Waals surface area contributed by atoms with Crippen LogP contribution in [-0.2, 0) is 18.4 Å². The number of quaternary nitrogens is 1. The topological polar surface area (TPSA) is 105 Å². The lowest BCUT2D eigenvalue weighted by molar-refractivity contribution is -0.870. The molecule has 8 nitrogen and oxygen atoms in total. The SMILES string of the molecule is CCCCCCCCCCCC/C=C/C(O)C(COP(=O)(O)OCC[N+](C)(C)C)NC(=O)CCCCCCCCCCCCCCCCCCCCCCCCCCCCCCCCCCCC. The lowest BCUT2D eigenvalue weighted by Gasteiger charge is -2.25. The molecule has 3 atom stereocenters. The van der Waals surface area contributed by atoms with Crippen LogP contribution in [0.4, 0.5) is 0 Å². The molecule has 0 aliphatic heterocycles. The molecule has 1 amide bonds. The number of aliphatic hydroxyl groups excluding tert-OH is 1. The molecule has 0 rings (SSSR count). The summed E-state index contributed by atoms with van der Waals surface area (Å²) in [6, 6.07) is -0.841. The minimum Gasteiger partial charge on any atom is -0.387 e. The largest absolute Gasteiger partial charge is 0.472 e. The molecule has 406 valence electrons. The number of nitrogens with one attached hydrogen (secondary N) is 1. The summed E-state index contributed by atoms with van der Waals surface area (Å²) in [6.07, 6.45) is 63.4. The minimum atomic E-state index is -4.34. The van der Waals surface area contributed by atoms with Gasteiger partial charge in [0.1, 0.15) is 13.2 Å². The van der Waals surface area contributed by atoms with Gasteiger partial charge >= 0.3 is 7.82 Å². The molecule has 0 bridgehead atoms. The normalized spacial score (nSPS) is 13.9. The van der Waals surface area contributed by atoms with Crippen LogP contribution in [0.5, 0.6) is 0 Å². The van der Waals surface area contributed by atoms with E-state index in [4.69, 9.17) is 9.05 Å². The summed E-state index contributed by atoms with van der Waals surface area (Å²) in [4.78, 5) is 23.2. The Kier molecular flexibility index (Phi) is 50.6. The maximum Gasteiger partial charge on any atom is 0.472 e. The first-order valence-electron chi connectivity index (χ1n) is 30.1. The fraction of sp³-hybridized carbons (Fsp3) is 0.949. The third-order valence-electron chi connectivity index (χ3n) is 14.0. The van der Waals surface area contributed by atoms with Crippen molar-refractivity contribution in [2.75, 3.05) is 40.9 Å². The van der Waals surface area contributed by atoms with Crippen molar-refractivity contribution in [3.05, 3.63) is 12.2 Å². The number of carbonyl (C=O) groups is 1. The van der Waals surface area contributed by atoms with E-state index in [9.17, 15) is 19.4 Å². The van der Waals surface area contributed by atoms with E-state index < -0.39 is 20.0 Å². The van der Waals surface area contributed by atoms with E-state index in [-0.39, 0.29) is 19.1 Å². The highest BCUT2D eigenvalue weighted by Gasteiger charge is 2.27. The van der Waals surface area contributed by atoms with Gasteiger partial charge in [0.25, 0.3) is 0 Å². The van der Waals surface area contributed by atoms with Crippen LogP contribution in [0.25, 0.3) is 0 Å². The molecule has 0 aromatic rings. The lowest BCUT2D eigenvalue weighted by Crippen LogP contribution is -2.45. The number of unbranched alkanes of at least 4 members (excludes halogenated alkanes) is 43. The van der Waals surface area contributed by atoms with E-state index >= 15 is 0 Å². The van der Waals surface area contributed by atoms with Crippen LogP contribution in [0.3, 0.4) is 0 Å². The predicted molar refractivity (Wildman–Crippen MR) is 295 cm³/mol. The number of hydrogen-bond donors (Lipinski definition) is 3. The quantitative estimate of drug-likeness (QED) is 0.0243. The number of amides is 1. The number of aliphatic hydroxyl groups is 1. The van der Waals surface area contributed by atoms with Gasteiger partial charge < -0.3 is 19.8 Å². The molecule has 0 aliphatic carbocycles. The molecule has 0 spiro atoms. The Balaban J connectivity index is 3.90. The Morgan fingerprint density at radius 3 is 1.09 bits per heavy atom. The van der Waals surface area contributed by atoms with Crippen LogP contribution < -0.4 is 5.32 Å². The van der Waals surface area contributed by atoms with Gasteiger partial charge in [0.15, 0.2) is 0 Å². The van der Waals surface area contributed by atoms with E-state index in [0.29, 0.717) is 17.4 Å². The van der Waals surface area contributed by atoms with Crippen LogP contribution in [-0.4, -0.2) is 73.4 Å². The van der Waals surface area contributed by atoms with E-state index in [2.05, 4.69) is 19.2 Å². The molecular formula is C59H120N2O6P+. The third kappa shape index (κ3) is 53.0. The van der Waals surface area contributed by atoms with E-state index in [1.54, 1.807) is 6.08 Å². The molecule has 0 heterocycles. The number of nitrogens with zero attached hydrogens (tertiary/aromatic N) is 1. The molecule has 0 saturated heterocycles. The summed E-state index contributed by atoms with van der Waals surface area (Å²) in [5.74, 6) is -0.171. The fourth-order valence-electron chi connectivity index (χ4n) is 9.28. The zero-order valence-electron chi connectivity index (χ0n) is 46.4. The van der Waals surface area contributed by atoms with Gasteiger partial charge in [0, 0.05) is 6.42 Å². The number of hydrogen-bond acceptors (Lipinski definition) is 5. The number of phosphoric ester groups is 1. The van der Waals surface area contributed by atoms with Gasteiger partial charge in [-0.05, 0) is 19.3 Å². The van der Waals surface area contributed by atoms with Gasteiger partial charge in [-0.1, -0.05) is 296 Å². The zero-order chi connectivity index (χ0) is 49.9. The predicted octanol–water partition coefficient (Wildman–Crippen LogP) is 18.2. The minimum absolute atomic E-state index is 0.0648. The molecular weight excluding hydrogens is 864 g/mol. The van der Waals surface area contributed by atoms with Crippen molar-refractivity contribution in [1.29, 1.82) is 0 Å². The molecule has 3 unspecified atom stereocenters. The van der Waals surface area contributed by atoms with Crippen molar-refractivity contribution in [3.8, 4) is 0 Å². The van der Waals surface area contributed by atoms with Gasteiger partial charge in [-0.2, -0.15) is 0 Å². The molecule has 3 N–H and O–H groups in total. The highest BCUT2D eigenvalue weighted by molar-refractivity contribution is 7.47. The van der Waals surface area contributed by atoms with Crippen molar-refractivity contribution < 1.29 is 32.9 Å². The summed E-state index contributed by atoms with van der Waals surface area (Å²) in [6.45, 7) is 4.85. The van der Waals surface area contributed by atoms with Gasteiger partial charge in [-0.3, -0.25) is 13.8 Å². The summed E-state index contributed by atoms with van der Waals surface area (Å²) in [7, 11) is 1.59. The molecule has 0 fully saturated rings. The first kappa shape index (κ1) is 67.2. The number of allylic oxidation sites excluding steroid dienone is 1. The first-order valence-corrected chi connectivity index (χ1v) is 31.6. The standard InChI is InChI=1S/C59H119N2O6P/c1-6-8-10-12-14-16-18-20-21-22-23-24-25-26-27-28-29-30-31-32-33-34-35-36-37-38-39-40-41-43-45-47-49-51-53-59(63)60-57(56-67-68(64,65)66-55-54-61(3,4)5)58(62)52-50-48-46-44-42-19-17-15-13-11-9-7-2/h50,52,57-58,62H,6-49,51,53-56H2,1-5H3,(H-,60,63,64,65)/p+1/b52-50+. The molecule has 68 heavy (non-hydrogen) atoms. The van der Waals surface area contributed by atoms with E-state index in [0.717, 1.165) is 38.5 Å². The Labute approximate surface area is 424 Å². The monoisotopic (exact) mass is 984 g/mol. The average molecular weight is 985 g/mol. The van der Waals surface area contributed by atoms with Gasteiger partial charge in [0.05, 0.1) is 39.9 Å². The molecule has 0 radical (unpaired) electrons. The Hall–Kier alpha value is -0.760. The second-order valence-corrected chi connectivity index (χ2v) is 23.5. The maximum absolute atomic E-state index is 12.9. The highest BCUT2D eigenvalue weighted by atomic mass is 31.2. The van der Waals surface area contributed by atoms with Gasteiger partial charge in [-0.25, -0.2) is 4.57 Å². The Morgan fingerprint density at radius 2 is 0.779 bits per heavy atom. The summed E-state index contributed by atoms with van der Waals surface area (Å²) >= 11 is 0. The van der Waals surface area contributed by atoms with Crippen LogP contribution >= 0.6 is 7.82 Å². The zero-order valence-corrected chi connectivity index (χ0v) is 47.3. The number of likely N-dealkylation sites (N-methyl/N-ethyl adjacent to an activating group) is 1. The van der Waals surface area contributed by atoms with E-state index in [1.807, 2.05) is 27.2 Å². The summed E-state index contributed by atoms with van der Waals surface area (Å²) in [5.41, 5.74) is 0. The van der Waals surface area contributed by atoms with Crippen LogP contribution in [0, 0.1) is 0 Å². The molecule has 0 aliphatic rings. The van der Waals surface area contributed by atoms with Gasteiger partial charge in [-0.15, -0.1) is 0 Å². The number of carbonyl (C=O) groups excluding carboxylic acids is 1. The third-order valence-corrected chi connectivity index (χ3v) is 15.0. The molecule has 0 aromatic carbocycles.